The maximum absolute atomic E-state index is 13.5. The van der Waals surface area contributed by atoms with Crippen molar-refractivity contribution in [3.8, 4) is 16.9 Å². The number of aryl methyl sites for hydroxylation is 1. The second-order valence-corrected chi connectivity index (χ2v) is 5.64. The molecule has 0 unspecified atom stereocenters. The Morgan fingerprint density at radius 3 is 2.71 bits per heavy atom. The summed E-state index contributed by atoms with van der Waals surface area (Å²) in [6.45, 7) is 2.79. The Morgan fingerprint density at radius 2 is 2.00 bits per heavy atom. The summed E-state index contributed by atoms with van der Waals surface area (Å²) in [5, 5.41) is 3.50. The predicted molar refractivity (Wildman–Crippen MR) is 83.0 cm³/mol. The Kier molecular flexibility index (Phi) is 3.93. The second-order valence-electron chi connectivity index (χ2n) is 5.64. The van der Waals surface area contributed by atoms with Crippen LogP contribution in [0.25, 0.3) is 11.1 Å². The van der Waals surface area contributed by atoms with Crippen LogP contribution < -0.4 is 10.1 Å². The summed E-state index contributed by atoms with van der Waals surface area (Å²) < 4.78 is 18.9. The molecule has 0 spiro atoms. The van der Waals surface area contributed by atoms with Crippen molar-refractivity contribution in [3.63, 3.8) is 0 Å². The van der Waals surface area contributed by atoms with E-state index in [9.17, 15) is 4.39 Å². The zero-order valence-corrected chi connectivity index (χ0v) is 12.4. The molecular weight excluding hydrogens is 265 g/mol. The van der Waals surface area contributed by atoms with Crippen LogP contribution in [0.1, 0.15) is 24.0 Å². The van der Waals surface area contributed by atoms with Crippen molar-refractivity contribution in [1.29, 1.82) is 0 Å². The molecule has 1 aliphatic carbocycles. The summed E-state index contributed by atoms with van der Waals surface area (Å²) in [5.41, 5.74) is 4.15. The van der Waals surface area contributed by atoms with Gasteiger partial charge in [0, 0.05) is 18.2 Å². The van der Waals surface area contributed by atoms with Gasteiger partial charge in [-0.1, -0.05) is 12.1 Å². The number of rotatable bonds is 5. The van der Waals surface area contributed by atoms with Gasteiger partial charge in [0.05, 0.1) is 7.11 Å². The van der Waals surface area contributed by atoms with Crippen molar-refractivity contribution in [2.24, 2.45) is 0 Å². The number of benzene rings is 2. The van der Waals surface area contributed by atoms with Crippen molar-refractivity contribution >= 4 is 0 Å². The van der Waals surface area contributed by atoms with Crippen LogP contribution in [-0.2, 0) is 6.54 Å². The van der Waals surface area contributed by atoms with Gasteiger partial charge >= 0.3 is 0 Å². The van der Waals surface area contributed by atoms with E-state index in [1.54, 1.807) is 13.2 Å². The van der Waals surface area contributed by atoms with Crippen molar-refractivity contribution in [1.82, 2.24) is 5.32 Å². The molecule has 3 heteroatoms. The van der Waals surface area contributed by atoms with Crippen molar-refractivity contribution < 1.29 is 9.13 Å². The van der Waals surface area contributed by atoms with Crippen LogP contribution in [0.15, 0.2) is 36.4 Å². The molecule has 1 fully saturated rings. The highest BCUT2D eigenvalue weighted by Crippen LogP contribution is 2.30. The van der Waals surface area contributed by atoms with Gasteiger partial charge in [0.2, 0.25) is 0 Å². The van der Waals surface area contributed by atoms with Gasteiger partial charge in [-0.2, -0.15) is 0 Å². The van der Waals surface area contributed by atoms with Crippen molar-refractivity contribution in [2.45, 2.75) is 32.4 Å². The van der Waals surface area contributed by atoms with Gasteiger partial charge in [-0.3, -0.25) is 0 Å². The number of methoxy groups -OCH3 is 1. The van der Waals surface area contributed by atoms with E-state index >= 15 is 0 Å². The molecule has 0 aromatic heterocycles. The first kappa shape index (κ1) is 14.1. The van der Waals surface area contributed by atoms with Crippen LogP contribution in [0, 0.1) is 12.7 Å². The van der Waals surface area contributed by atoms with Crippen LogP contribution in [0.2, 0.25) is 0 Å². The highest BCUT2D eigenvalue weighted by Gasteiger charge is 2.20. The molecule has 21 heavy (non-hydrogen) atoms. The zero-order chi connectivity index (χ0) is 14.8. The minimum Gasteiger partial charge on any atom is -0.496 e. The molecule has 2 aromatic carbocycles. The van der Waals surface area contributed by atoms with Crippen LogP contribution in [-0.4, -0.2) is 13.2 Å². The van der Waals surface area contributed by atoms with E-state index in [4.69, 9.17) is 4.74 Å². The van der Waals surface area contributed by atoms with Gasteiger partial charge < -0.3 is 10.1 Å². The number of nitrogens with one attached hydrogen (secondary N) is 1. The topological polar surface area (TPSA) is 21.3 Å². The molecule has 2 aromatic rings. The van der Waals surface area contributed by atoms with Crippen molar-refractivity contribution in [3.05, 3.63) is 53.3 Å². The first-order valence-electron chi connectivity index (χ1n) is 7.34. The molecule has 0 bridgehead atoms. The number of hydrogen-bond acceptors (Lipinski definition) is 2. The highest BCUT2D eigenvalue weighted by atomic mass is 19.1. The third-order valence-corrected chi connectivity index (χ3v) is 3.95. The molecule has 2 nitrogen and oxygen atoms in total. The fraction of sp³-hybridized carbons (Fsp3) is 0.333. The molecule has 1 N–H and O–H groups in total. The summed E-state index contributed by atoms with van der Waals surface area (Å²) in [6, 6.07) is 11.6. The lowest BCUT2D eigenvalue weighted by Gasteiger charge is -2.13. The summed E-state index contributed by atoms with van der Waals surface area (Å²) in [4.78, 5) is 0. The third kappa shape index (κ3) is 3.24. The van der Waals surface area contributed by atoms with Gasteiger partial charge in [-0.15, -0.1) is 0 Å². The lowest BCUT2D eigenvalue weighted by Crippen LogP contribution is -2.15. The standard InChI is InChI=1S/C18H20FNO/c1-12-3-5-15(19)10-17(12)13-4-8-18(21-2)14(9-13)11-20-16-6-7-16/h3-5,8-10,16,20H,6-7,11H2,1-2H3. The summed E-state index contributed by atoms with van der Waals surface area (Å²) in [7, 11) is 1.68. The molecule has 0 atom stereocenters. The van der Waals surface area contributed by atoms with Gasteiger partial charge in [0.25, 0.3) is 0 Å². The van der Waals surface area contributed by atoms with Crippen LogP contribution >= 0.6 is 0 Å². The van der Waals surface area contributed by atoms with Gasteiger partial charge in [0.15, 0.2) is 0 Å². The molecular formula is C18H20FNO. The fourth-order valence-corrected chi connectivity index (χ4v) is 2.53. The van der Waals surface area contributed by atoms with E-state index in [1.165, 1.54) is 18.9 Å². The van der Waals surface area contributed by atoms with Crippen molar-refractivity contribution in [2.75, 3.05) is 7.11 Å². The van der Waals surface area contributed by atoms with Gasteiger partial charge in [-0.25, -0.2) is 4.39 Å². The van der Waals surface area contributed by atoms with Crippen LogP contribution in [0.3, 0.4) is 0 Å². The average molecular weight is 285 g/mol. The zero-order valence-electron chi connectivity index (χ0n) is 12.4. The van der Waals surface area contributed by atoms with E-state index in [0.29, 0.717) is 6.04 Å². The maximum Gasteiger partial charge on any atom is 0.123 e. The smallest absolute Gasteiger partial charge is 0.123 e. The minimum atomic E-state index is -0.205. The Bertz CT molecular complexity index is 650. The normalized spacial score (nSPS) is 14.2. The maximum atomic E-state index is 13.5. The van der Waals surface area contributed by atoms with E-state index in [-0.39, 0.29) is 5.82 Å². The lowest BCUT2D eigenvalue weighted by molar-refractivity contribution is 0.407. The highest BCUT2D eigenvalue weighted by molar-refractivity contribution is 5.69. The van der Waals surface area contributed by atoms with Gasteiger partial charge in [0.1, 0.15) is 11.6 Å². The SMILES string of the molecule is COc1ccc(-c2cc(F)ccc2C)cc1CNC1CC1. The molecule has 110 valence electrons. The molecule has 1 aliphatic rings. The Balaban J connectivity index is 1.94. The van der Waals surface area contributed by atoms with Crippen LogP contribution in [0.5, 0.6) is 5.75 Å². The molecule has 3 rings (SSSR count). The predicted octanol–water partition coefficient (Wildman–Crippen LogP) is 4.06. The summed E-state index contributed by atoms with van der Waals surface area (Å²) in [5.74, 6) is 0.671. The molecule has 0 saturated heterocycles. The quantitative estimate of drug-likeness (QED) is 0.894. The molecule has 0 aliphatic heterocycles. The fourth-order valence-electron chi connectivity index (χ4n) is 2.53. The average Bonchev–Trinajstić information content (AvgIpc) is 3.31. The molecule has 0 amide bonds. The van der Waals surface area contributed by atoms with E-state index in [1.807, 2.05) is 25.1 Å². The lowest BCUT2D eigenvalue weighted by atomic mass is 9.98. The van der Waals surface area contributed by atoms with E-state index in [2.05, 4.69) is 11.4 Å². The monoisotopic (exact) mass is 285 g/mol. The number of halogens is 1. The first-order valence-corrected chi connectivity index (χ1v) is 7.34. The Morgan fingerprint density at radius 1 is 1.19 bits per heavy atom. The Labute approximate surface area is 125 Å². The Hall–Kier alpha value is -1.87. The molecule has 0 heterocycles. The molecule has 0 radical (unpaired) electrons. The largest absolute Gasteiger partial charge is 0.496 e. The van der Waals surface area contributed by atoms with E-state index in [0.717, 1.165) is 34.5 Å². The van der Waals surface area contributed by atoms with E-state index < -0.39 is 0 Å². The van der Waals surface area contributed by atoms with Crippen LogP contribution in [0.4, 0.5) is 4.39 Å². The number of hydrogen-bond donors (Lipinski definition) is 1. The van der Waals surface area contributed by atoms with Gasteiger partial charge in [-0.05, 0) is 60.7 Å². The third-order valence-electron chi connectivity index (χ3n) is 3.95. The summed E-state index contributed by atoms with van der Waals surface area (Å²) >= 11 is 0. The minimum absolute atomic E-state index is 0.205. The number of ether oxygens (including phenoxy) is 1. The summed E-state index contributed by atoms with van der Waals surface area (Å²) in [6.07, 6.45) is 2.51. The second kappa shape index (κ2) is 5.86. The molecule has 1 saturated carbocycles. The first-order chi connectivity index (χ1) is 10.2.